The Hall–Kier alpha value is -4.02. The number of hydrogen-bond donors (Lipinski definition) is 4. The van der Waals surface area contributed by atoms with E-state index >= 15 is 0 Å². The second-order valence-corrected chi connectivity index (χ2v) is 9.52. The lowest BCUT2D eigenvalue weighted by Crippen LogP contribution is -2.47. The molecule has 0 spiro atoms. The summed E-state index contributed by atoms with van der Waals surface area (Å²) in [4.78, 5) is 35.6. The summed E-state index contributed by atoms with van der Waals surface area (Å²) < 4.78 is 6.48. The average Bonchev–Trinajstić information content (AvgIpc) is 2.97. The van der Waals surface area contributed by atoms with Crippen LogP contribution in [0, 0.1) is 5.92 Å². The fourth-order valence-corrected chi connectivity index (χ4v) is 4.34. The van der Waals surface area contributed by atoms with Crippen LogP contribution in [0.5, 0.6) is 5.75 Å². The number of anilines is 2. The molecule has 0 unspecified atom stereocenters. The number of aliphatic hydroxyl groups is 1. The maximum absolute atomic E-state index is 13.3. The van der Waals surface area contributed by atoms with E-state index in [0.717, 1.165) is 5.56 Å². The molecule has 1 aliphatic rings. The van der Waals surface area contributed by atoms with Crippen molar-refractivity contribution in [3.63, 3.8) is 0 Å². The summed E-state index contributed by atoms with van der Waals surface area (Å²) in [6.07, 6.45) is 6.55. The highest BCUT2D eigenvalue weighted by molar-refractivity contribution is 5.99. The van der Waals surface area contributed by atoms with Crippen LogP contribution in [0.1, 0.15) is 25.0 Å². The predicted molar refractivity (Wildman–Crippen MR) is 145 cm³/mol. The van der Waals surface area contributed by atoms with Gasteiger partial charge in [0.05, 0.1) is 31.0 Å². The molecule has 0 radical (unpaired) electrons. The van der Waals surface area contributed by atoms with Gasteiger partial charge in [0, 0.05) is 55.4 Å². The minimum atomic E-state index is -0.421. The number of hydrogen-bond acceptors (Lipinski definition) is 7. The van der Waals surface area contributed by atoms with Crippen LogP contribution >= 0.6 is 0 Å². The largest absolute Gasteiger partial charge is 0.488 e. The Morgan fingerprint density at radius 2 is 1.92 bits per heavy atom. The zero-order valence-electron chi connectivity index (χ0n) is 21.6. The second kappa shape index (κ2) is 13.0. The van der Waals surface area contributed by atoms with Crippen molar-refractivity contribution in [2.45, 2.75) is 39.0 Å². The molecule has 1 aromatic carbocycles. The molecule has 10 heteroatoms. The molecule has 1 aliphatic heterocycles. The molecule has 200 valence electrons. The van der Waals surface area contributed by atoms with Crippen LogP contribution < -0.4 is 20.7 Å². The topological polar surface area (TPSA) is 129 Å². The molecule has 0 saturated heterocycles. The maximum Gasteiger partial charge on any atom is 0.323 e. The smallest absolute Gasteiger partial charge is 0.323 e. The lowest BCUT2D eigenvalue weighted by atomic mass is 10.0. The Bertz CT molecular complexity index is 1210. The molecule has 38 heavy (non-hydrogen) atoms. The Kier molecular flexibility index (Phi) is 9.23. The lowest BCUT2D eigenvalue weighted by molar-refractivity contribution is -0.134. The highest BCUT2D eigenvalue weighted by atomic mass is 16.5. The molecule has 10 nitrogen and oxygen atoms in total. The number of fused-ring (bicyclic) bond motifs is 1. The highest BCUT2D eigenvalue weighted by Crippen LogP contribution is 2.29. The summed E-state index contributed by atoms with van der Waals surface area (Å²) in [5.41, 5.74) is 2.87. The number of pyridine rings is 2. The minimum absolute atomic E-state index is 0.00750. The van der Waals surface area contributed by atoms with Crippen LogP contribution in [0.25, 0.3) is 0 Å². The third kappa shape index (κ3) is 7.27. The summed E-state index contributed by atoms with van der Waals surface area (Å²) >= 11 is 0. The van der Waals surface area contributed by atoms with Crippen LogP contribution in [0.15, 0.2) is 67.3 Å². The van der Waals surface area contributed by atoms with E-state index in [0.29, 0.717) is 42.3 Å². The van der Waals surface area contributed by atoms with Gasteiger partial charge in [-0.2, -0.15) is 0 Å². The van der Waals surface area contributed by atoms with Gasteiger partial charge in [0.2, 0.25) is 5.91 Å². The van der Waals surface area contributed by atoms with Crippen molar-refractivity contribution in [3.05, 3.63) is 78.4 Å². The van der Waals surface area contributed by atoms with Gasteiger partial charge in [0.1, 0.15) is 11.9 Å². The number of nitrogens with zero attached hydrogens (tertiary/aromatic N) is 3. The summed E-state index contributed by atoms with van der Waals surface area (Å²) in [5.74, 6) is 0.482. The number of nitrogens with one attached hydrogen (secondary N) is 3. The van der Waals surface area contributed by atoms with E-state index in [9.17, 15) is 14.7 Å². The number of ether oxygens (including phenoxy) is 1. The first-order valence-corrected chi connectivity index (χ1v) is 12.7. The Labute approximate surface area is 222 Å². The second-order valence-electron chi connectivity index (χ2n) is 9.52. The van der Waals surface area contributed by atoms with Crippen molar-refractivity contribution in [1.29, 1.82) is 0 Å². The molecule has 2 aromatic heterocycles. The van der Waals surface area contributed by atoms with Gasteiger partial charge in [-0.05, 0) is 55.0 Å². The molecular formula is C28H34N6O4. The van der Waals surface area contributed by atoms with Crippen molar-refractivity contribution in [2.24, 2.45) is 5.92 Å². The van der Waals surface area contributed by atoms with Gasteiger partial charge in [-0.15, -0.1) is 0 Å². The van der Waals surface area contributed by atoms with Gasteiger partial charge >= 0.3 is 6.03 Å². The zero-order chi connectivity index (χ0) is 26.9. The predicted octanol–water partition coefficient (Wildman–Crippen LogP) is 3.06. The molecule has 3 heterocycles. The van der Waals surface area contributed by atoms with Gasteiger partial charge in [-0.1, -0.05) is 6.92 Å². The van der Waals surface area contributed by atoms with Gasteiger partial charge in [0.15, 0.2) is 0 Å². The molecule has 0 aliphatic carbocycles. The summed E-state index contributed by atoms with van der Waals surface area (Å²) in [5, 5.41) is 18.8. The first-order valence-electron chi connectivity index (χ1n) is 12.7. The van der Waals surface area contributed by atoms with Crippen molar-refractivity contribution in [2.75, 3.05) is 30.3 Å². The fourth-order valence-electron chi connectivity index (χ4n) is 4.34. The molecule has 0 saturated carbocycles. The molecule has 3 amide bonds. The number of rotatable bonds is 8. The van der Waals surface area contributed by atoms with Gasteiger partial charge in [-0.25, -0.2) is 4.79 Å². The fraction of sp³-hybridized carbons (Fsp3) is 0.357. The number of carbonyl (C=O) groups excluding carboxylic acids is 2. The van der Waals surface area contributed by atoms with Gasteiger partial charge in [0.25, 0.3) is 0 Å². The van der Waals surface area contributed by atoms with E-state index in [-0.39, 0.29) is 37.0 Å². The number of urea groups is 1. The van der Waals surface area contributed by atoms with Crippen LogP contribution in [-0.2, 0) is 17.8 Å². The Balaban J connectivity index is 1.53. The Morgan fingerprint density at radius 3 is 2.66 bits per heavy atom. The third-order valence-corrected chi connectivity index (χ3v) is 6.52. The van der Waals surface area contributed by atoms with E-state index in [1.807, 2.05) is 26.0 Å². The molecule has 3 atom stereocenters. The van der Waals surface area contributed by atoms with Crippen molar-refractivity contribution >= 4 is 23.3 Å². The van der Waals surface area contributed by atoms with Gasteiger partial charge in [-0.3, -0.25) is 14.8 Å². The molecular weight excluding hydrogens is 484 g/mol. The van der Waals surface area contributed by atoms with E-state index in [2.05, 4.69) is 25.9 Å². The maximum atomic E-state index is 13.3. The molecule has 3 aromatic rings. The average molecular weight is 519 g/mol. The third-order valence-electron chi connectivity index (χ3n) is 6.52. The molecule has 4 N–H and O–H groups in total. The number of benzene rings is 1. The summed E-state index contributed by atoms with van der Waals surface area (Å²) in [6, 6.07) is 11.9. The first-order chi connectivity index (χ1) is 18.4. The zero-order valence-corrected chi connectivity index (χ0v) is 21.6. The van der Waals surface area contributed by atoms with E-state index in [1.165, 1.54) is 0 Å². The van der Waals surface area contributed by atoms with Crippen molar-refractivity contribution in [1.82, 2.24) is 20.2 Å². The summed E-state index contributed by atoms with van der Waals surface area (Å²) in [7, 11) is 0. The Morgan fingerprint density at radius 1 is 1.13 bits per heavy atom. The minimum Gasteiger partial charge on any atom is -0.488 e. The van der Waals surface area contributed by atoms with Gasteiger partial charge < -0.3 is 30.7 Å². The highest BCUT2D eigenvalue weighted by Gasteiger charge is 2.30. The van der Waals surface area contributed by atoms with Crippen molar-refractivity contribution in [3.8, 4) is 5.75 Å². The van der Waals surface area contributed by atoms with Crippen molar-refractivity contribution < 1.29 is 19.4 Å². The quantitative estimate of drug-likeness (QED) is 0.361. The molecule has 4 rings (SSSR count). The van der Waals surface area contributed by atoms with Crippen LogP contribution in [-0.4, -0.2) is 63.8 Å². The number of carbonyl (C=O) groups is 2. The lowest BCUT2D eigenvalue weighted by Gasteiger charge is -2.32. The SMILES string of the molecule is C[C@@H]1CN([C@@H](C)CO)C(=O)Cc2cc(NC(=O)Nc3cccnc3)ccc2O[C@H]1CNCc1ccncc1. The van der Waals surface area contributed by atoms with E-state index in [1.54, 1.807) is 60.0 Å². The number of aromatic nitrogens is 2. The van der Waals surface area contributed by atoms with Crippen LogP contribution in [0.4, 0.5) is 16.2 Å². The molecule has 0 bridgehead atoms. The van der Waals surface area contributed by atoms with Crippen LogP contribution in [0.3, 0.4) is 0 Å². The first kappa shape index (κ1) is 27.0. The number of amides is 3. The molecule has 0 fully saturated rings. The van der Waals surface area contributed by atoms with Crippen LogP contribution in [0.2, 0.25) is 0 Å². The summed E-state index contributed by atoms with van der Waals surface area (Å²) in [6.45, 7) is 5.43. The van der Waals surface area contributed by atoms with E-state index in [4.69, 9.17) is 4.74 Å². The monoisotopic (exact) mass is 518 g/mol. The van der Waals surface area contributed by atoms with E-state index < -0.39 is 6.03 Å². The normalized spacial score (nSPS) is 18.3. The standard InChI is InChI=1S/C28H34N6O4/c1-19-17-34(20(2)18-35)27(36)13-22-12-23(32-28(37)33-24-4-3-9-30-15-24)5-6-25(22)38-26(19)16-31-14-21-7-10-29-11-8-21/h3-12,15,19-20,26,31,35H,13-14,16-18H2,1-2H3,(H2,32,33,37)/t19-,20+,26+/m1/s1. The number of aliphatic hydroxyl groups excluding tert-OH is 1.